The minimum atomic E-state index is -3.65. The fourth-order valence-electron chi connectivity index (χ4n) is 1.63. The maximum absolute atomic E-state index is 12.4. The van der Waals surface area contributed by atoms with Gasteiger partial charge < -0.3 is 10.8 Å². The van der Waals surface area contributed by atoms with E-state index in [0.29, 0.717) is 5.56 Å². The molecule has 0 aliphatic heterocycles. The third-order valence-electron chi connectivity index (χ3n) is 2.49. The lowest BCUT2D eigenvalue weighted by Crippen LogP contribution is -2.34. The first-order chi connectivity index (χ1) is 8.57. The number of aliphatic hydroxyl groups excluding tert-OH is 1. The van der Waals surface area contributed by atoms with E-state index in [1.165, 1.54) is 16.4 Å². The summed E-state index contributed by atoms with van der Waals surface area (Å²) >= 11 is 0. The molecule has 6 heteroatoms. The molecule has 1 aromatic carbocycles. The fraction of sp³-hybridized carbons (Fsp3) is 0.333. The highest BCUT2D eigenvalue weighted by Crippen LogP contribution is 2.19. The molecule has 0 aromatic heterocycles. The summed E-state index contributed by atoms with van der Waals surface area (Å²) in [7, 11) is -3.65. The first-order valence-electron chi connectivity index (χ1n) is 5.57. The van der Waals surface area contributed by atoms with Crippen LogP contribution >= 0.6 is 0 Å². The van der Waals surface area contributed by atoms with E-state index >= 15 is 0 Å². The number of hydrogen-bond donors (Lipinski definition) is 2. The van der Waals surface area contributed by atoms with Gasteiger partial charge >= 0.3 is 0 Å². The van der Waals surface area contributed by atoms with Gasteiger partial charge in [-0.1, -0.05) is 24.3 Å². The van der Waals surface area contributed by atoms with Crippen LogP contribution in [-0.4, -0.2) is 37.5 Å². The average Bonchev–Trinajstić information content (AvgIpc) is 2.38. The van der Waals surface area contributed by atoms with Crippen molar-refractivity contribution in [1.29, 1.82) is 0 Å². The Balaban J connectivity index is 3.21. The Labute approximate surface area is 108 Å². The Morgan fingerprint density at radius 1 is 1.39 bits per heavy atom. The van der Waals surface area contributed by atoms with Crippen LogP contribution in [0.15, 0.2) is 41.8 Å². The van der Waals surface area contributed by atoms with E-state index in [1.807, 2.05) is 0 Å². The molecule has 0 aliphatic carbocycles. The van der Waals surface area contributed by atoms with Crippen LogP contribution in [0.25, 0.3) is 0 Å². The summed E-state index contributed by atoms with van der Waals surface area (Å²) in [5, 5.41) is 8.93. The number of benzene rings is 1. The Morgan fingerprint density at radius 2 is 2.06 bits per heavy atom. The lowest BCUT2D eigenvalue weighted by Gasteiger charge is -2.21. The molecule has 0 radical (unpaired) electrons. The molecule has 0 heterocycles. The second-order valence-electron chi connectivity index (χ2n) is 3.69. The maximum Gasteiger partial charge on any atom is 0.243 e. The van der Waals surface area contributed by atoms with Crippen LogP contribution in [0.4, 0.5) is 0 Å². The van der Waals surface area contributed by atoms with E-state index < -0.39 is 10.0 Å². The third-order valence-corrected chi connectivity index (χ3v) is 4.46. The van der Waals surface area contributed by atoms with E-state index in [1.54, 1.807) is 18.2 Å². The van der Waals surface area contributed by atoms with Crippen LogP contribution in [0.1, 0.15) is 5.56 Å². The molecule has 0 amide bonds. The van der Waals surface area contributed by atoms with Crippen molar-refractivity contribution in [1.82, 2.24) is 4.31 Å². The lowest BCUT2D eigenvalue weighted by molar-refractivity contribution is 0.260. The van der Waals surface area contributed by atoms with Gasteiger partial charge in [-0.25, -0.2) is 8.42 Å². The molecule has 0 spiro atoms. The smallest absolute Gasteiger partial charge is 0.243 e. The van der Waals surface area contributed by atoms with Crippen molar-refractivity contribution >= 4 is 10.0 Å². The van der Waals surface area contributed by atoms with Crippen LogP contribution in [0.5, 0.6) is 0 Å². The number of aliphatic hydroxyl groups is 1. The quantitative estimate of drug-likeness (QED) is 0.699. The molecule has 0 saturated heterocycles. The van der Waals surface area contributed by atoms with E-state index in [-0.39, 0.29) is 31.1 Å². The molecule has 0 aliphatic rings. The van der Waals surface area contributed by atoms with Crippen molar-refractivity contribution in [3.05, 3.63) is 42.5 Å². The SMILES string of the molecule is C=CCN(CCO)S(=O)(=O)c1ccccc1CN. The maximum atomic E-state index is 12.4. The minimum absolute atomic E-state index is 0.0350. The van der Waals surface area contributed by atoms with Crippen molar-refractivity contribution in [2.75, 3.05) is 19.7 Å². The van der Waals surface area contributed by atoms with E-state index in [4.69, 9.17) is 10.8 Å². The van der Waals surface area contributed by atoms with Gasteiger partial charge in [-0.05, 0) is 11.6 Å². The summed E-state index contributed by atoms with van der Waals surface area (Å²) < 4.78 is 26.0. The van der Waals surface area contributed by atoms with Gasteiger partial charge in [-0.2, -0.15) is 4.31 Å². The summed E-state index contributed by atoms with van der Waals surface area (Å²) in [6.07, 6.45) is 1.48. The first-order valence-corrected chi connectivity index (χ1v) is 7.01. The standard InChI is InChI=1S/C12H18N2O3S/c1-2-7-14(8-9-15)18(16,17)12-6-4-3-5-11(12)10-13/h2-6,15H,1,7-10,13H2. The van der Waals surface area contributed by atoms with Gasteiger partial charge in [0.15, 0.2) is 0 Å². The molecule has 1 aromatic rings. The lowest BCUT2D eigenvalue weighted by atomic mass is 10.2. The predicted octanol–water partition coefficient (Wildman–Crippen LogP) is 0.314. The monoisotopic (exact) mass is 270 g/mol. The summed E-state index contributed by atoms with van der Waals surface area (Å²) in [6.45, 7) is 3.62. The molecule has 100 valence electrons. The van der Waals surface area contributed by atoms with Gasteiger partial charge in [-0.3, -0.25) is 0 Å². The van der Waals surface area contributed by atoms with Crippen LogP contribution in [0.2, 0.25) is 0 Å². The zero-order chi connectivity index (χ0) is 13.6. The zero-order valence-corrected chi connectivity index (χ0v) is 10.9. The van der Waals surface area contributed by atoms with Crippen molar-refractivity contribution in [3.8, 4) is 0 Å². The molecular formula is C12H18N2O3S. The van der Waals surface area contributed by atoms with Gasteiger partial charge in [0.1, 0.15) is 0 Å². The molecule has 0 unspecified atom stereocenters. The fourth-order valence-corrected chi connectivity index (χ4v) is 3.26. The highest BCUT2D eigenvalue weighted by atomic mass is 32.2. The molecule has 18 heavy (non-hydrogen) atoms. The molecule has 0 atom stereocenters. The van der Waals surface area contributed by atoms with Gasteiger partial charge in [0.25, 0.3) is 0 Å². The van der Waals surface area contributed by atoms with Crippen molar-refractivity contribution in [2.24, 2.45) is 5.73 Å². The predicted molar refractivity (Wildman–Crippen MR) is 70.4 cm³/mol. The number of rotatable bonds is 7. The van der Waals surface area contributed by atoms with Gasteiger partial charge in [0, 0.05) is 19.6 Å². The summed E-state index contributed by atoms with van der Waals surface area (Å²) in [4.78, 5) is 0.183. The normalized spacial score (nSPS) is 11.7. The van der Waals surface area contributed by atoms with E-state index in [9.17, 15) is 8.42 Å². The van der Waals surface area contributed by atoms with E-state index in [0.717, 1.165) is 0 Å². The topological polar surface area (TPSA) is 83.6 Å². The Kier molecular flexibility index (Phi) is 5.49. The van der Waals surface area contributed by atoms with Gasteiger partial charge in [0.05, 0.1) is 11.5 Å². The molecule has 0 bridgehead atoms. The van der Waals surface area contributed by atoms with E-state index in [2.05, 4.69) is 6.58 Å². The zero-order valence-electron chi connectivity index (χ0n) is 10.1. The number of hydrogen-bond acceptors (Lipinski definition) is 4. The molecule has 1 rings (SSSR count). The van der Waals surface area contributed by atoms with Crippen molar-refractivity contribution in [3.63, 3.8) is 0 Å². The number of sulfonamides is 1. The van der Waals surface area contributed by atoms with Crippen LogP contribution < -0.4 is 5.73 Å². The first kappa shape index (κ1) is 14.8. The second-order valence-corrected chi connectivity index (χ2v) is 5.59. The van der Waals surface area contributed by atoms with Gasteiger partial charge in [0.2, 0.25) is 10.0 Å². The largest absolute Gasteiger partial charge is 0.395 e. The highest BCUT2D eigenvalue weighted by Gasteiger charge is 2.24. The number of nitrogens with zero attached hydrogens (tertiary/aromatic N) is 1. The number of nitrogens with two attached hydrogens (primary N) is 1. The Hall–Kier alpha value is -1.21. The molecule has 3 N–H and O–H groups in total. The minimum Gasteiger partial charge on any atom is -0.395 e. The Bertz CT molecular complexity index is 500. The van der Waals surface area contributed by atoms with Crippen molar-refractivity contribution < 1.29 is 13.5 Å². The van der Waals surface area contributed by atoms with Gasteiger partial charge in [-0.15, -0.1) is 6.58 Å². The highest BCUT2D eigenvalue weighted by molar-refractivity contribution is 7.89. The molecule has 0 saturated carbocycles. The molecule has 0 fully saturated rings. The summed E-state index contributed by atoms with van der Waals surface area (Å²) in [6, 6.07) is 6.59. The average molecular weight is 270 g/mol. The third kappa shape index (κ3) is 3.17. The Morgan fingerprint density at radius 3 is 2.61 bits per heavy atom. The van der Waals surface area contributed by atoms with Crippen molar-refractivity contribution in [2.45, 2.75) is 11.4 Å². The second kappa shape index (κ2) is 6.65. The van der Waals surface area contributed by atoms with Crippen LogP contribution in [0, 0.1) is 0 Å². The summed E-state index contributed by atoms with van der Waals surface area (Å²) in [5.41, 5.74) is 6.10. The van der Waals surface area contributed by atoms with Crippen LogP contribution in [0.3, 0.4) is 0 Å². The van der Waals surface area contributed by atoms with Crippen LogP contribution in [-0.2, 0) is 16.6 Å². The molecule has 5 nitrogen and oxygen atoms in total. The summed E-state index contributed by atoms with van der Waals surface area (Å²) in [5.74, 6) is 0. The molecular weight excluding hydrogens is 252 g/mol.